The summed E-state index contributed by atoms with van der Waals surface area (Å²) in [5.74, 6) is 1.40. The second-order valence-corrected chi connectivity index (χ2v) is 4.51. The van der Waals surface area contributed by atoms with E-state index in [0.717, 1.165) is 5.56 Å². The van der Waals surface area contributed by atoms with E-state index in [4.69, 9.17) is 9.47 Å². The molecule has 0 radical (unpaired) electrons. The van der Waals surface area contributed by atoms with Crippen LogP contribution in [0.2, 0.25) is 0 Å². The van der Waals surface area contributed by atoms with Gasteiger partial charge in [-0.15, -0.1) is 0 Å². The van der Waals surface area contributed by atoms with Crippen molar-refractivity contribution in [3.05, 3.63) is 59.7 Å². The molecule has 19 heavy (non-hydrogen) atoms. The monoisotopic (exact) mass is 254 g/mol. The largest absolute Gasteiger partial charge is 0.497 e. The van der Waals surface area contributed by atoms with Crippen molar-refractivity contribution in [2.45, 2.75) is 12.5 Å². The van der Waals surface area contributed by atoms with Crippen LogP contribution in [0.3, 0.4) is 0 Å². The first kappa shape index (κ1) is 11.8. The molecule has 0 spiro atoms. The third-order valence-corrected chi connectivity index (χ3v) is 3.30. The van der Waals surface area contributed by atoms with Crippen LogP contribution < -0.4 is 9.47 Å². The Morgan fingerprint density at radius 3 is 2.68 bits per heavy atom. The Kier molecular flexibility index (Phi) is 2.95. The number of Topliss-reactive ketones (excluding diaryl/α,β-unsaturated/α-hetero) is 1. The quantitative estimate of drug-likeness (QED) is 0.824. The highest BCUT2D eigenvalue weighted by Gasteiger charge is 2.27. The van der Waals surface area contributed by atoms with Crippen LogP contribution in [0.1, 0.15) is 28.4 Å². The topological polar surface area (TPSA) is 35.5 Å². The van der Waals surface area contributed by atoms with Crippen molar-refractivity contribution < 1.29 is 14.3 Å². The molecule has 0 saturated carbocycles. The SMILES string of the molecule is COc1ccc2c(c1)C(=O)C[C@H](c1ccccc1)O2. The minimum Gasteiger partial charge on any atom is -0.497 e. The van der Waals surface area contributed by atoms with Crippen molar-refractivity contribution in [2.24, 2.45) is 0 Å². The van der Waals surface area contributed by atoms with Crippen LogP contribution in [-0.2, 0) is 0 Å². The van der Waals surface area contributed by atoms with Crippen molar-refractivity contribution in [2.75, 3.05) is 7.11 Å². The Morgan fingerprint density at radius 2 is 1.95 bits per heavy atom. The van der Waals surface area contributed by atoms with Gasteiger partial charge in [0.15, 0.2) is 5.78 Å². The van der Waals surface area contributed by atoms with Crippen molar-refractivity contribution >= 4 is 5.78 Å². The maximum atomic E-state index is 12.2. The second-order valence-electron chi connectivity index (χ2n) is 4.51. The third-order valence-electron chi connectivity index (χ3n) is 3.30. The summed E-state index contributed by atoms with van der Waals surface area (Å²) >= 11 is 0. The predicted molar refractivity (Wildman–Crippen MR) is 71.8 cm³/mol. The molecule has 0 amide bonds. The van der Waals surface area contributed by atoms with Gasteiger partial charge in [-0.1, -0.05) is 30.3 Å². The van der Waals surface area contributed by atoms with Crippen molar-refractivity contribution in [1.82, 2.24) is 0 Å². The molecule has 0 bridgehead atoms. The van der Waals surface area contributed by atoms with Gasteiger partial charge < -0.3 is 9.47 Å². The Balaban J connectivity index is 1.95. The molecule has 0 aliphatic carbocycles. The number of rotatable bonds is 2. The van der Waals surface area contributed by atoms with Gasteiger partial charge in [0.2, 0.25) is 0 Å². The molecule has 1 heterocycles. The first-order valence-corrected chi connectivity index (χ1v) is 6.21. The fourth-order valence-electron chi connectivity index (χ4n) is 2.28. The summed E-state index contributed by atoms with van der Waals surface area (Å²) in [7, 11) is 1.59. The van der Waals surface area contributed by atoms with E-state index in [1.807, 2.05) is 30.3 Å². The second kappa shape index (κ2) is 4.76. The fourth-order valence-corrected chi connectivity index (χ4v) is 2.28. The summed E-state index contributed by atoms with van der Waals surface area (Å²) in [6, 6.07) is 15.1. The summed E-state index contributed by atoms with van der Waals surface area (Å²) in [6.07, 6.45) is 0.166. The lowest BCUT2D eigenvalue weighted by atomic mass is 9.96. The standard InChI is InChI=1S/C16H14O3/c1-18-12-7-8-15-13(9-12)14(17)10-16(19-15)11-5-3-2-4-6-11/h2-9,16H,10H2,1H3/t16-/m1/s1. The highest BCUT2D eigenvalue weighted by molar-refractivity contribution is 6.00. The minimum absolute atomic E-state index is 0.0917. The molecule has 96 valence electrons. The maximum absolute atomic E-state index is 12.2. The number of carbonyl (C=O) groups is 1. The average Bonchev–Trinajstić information content (AvgIpc) is 2.48. The van der Waals surface area contributed by atoms with Gasteiger partial charge in [0.25, 0.3) is 0 Å². The van der Waals surface area contributed by atoms with E-state index in [-0.39, 0.29) is 11.9 Å². The lowest BCUT2D eigenvalue weighted by molar-refractivity contribution is 0.0849. The van der Waals surface area contributed by atoms with Crippen molar-refractivity contribution in [1.29, 1.82) is 0 Å². The molecule has 0 aromatic heterocycles. The van der Waals surface area contributed by atoms with E-state index in [9.17, 15) is 4.79 Å². The molecule has 0 fully saturated rings. The first-order valence-electron chi connectivity index (χ1n) is 6.21. The molecule has 3 heteroatoms. The van der Waals surface area contributed by atoms with Crippen LogP contribution in [0.4, 0.5) is 0 Å². The molecule has 1 atom stereocenters. The van der Waals surface area contributed by atoms with Gasteiger partial charge in [-0.25, -0.2) is 0 Å². The van der Waals surface area contributed by atoms with Gasteiger partial charge in [-0.3, -0.25) is 4.79 Å². The van der Waals surface area contributed by atoms with Crippen LogP contribution in [-0.4, -0.2) is 12.9 Å². The van der Waals surface area contributed by atoms with E-state index in [0.29, 0.717) is 23.5 Å². The zero-order chi connectivity index (χ0) is 13.2. The van der Waals surface area contributed by atoms with Gasteiger partial charge in [0.05, 0.1) is 19.1 Å². The van der Waals surface area contributed by atoms with Crippen molar-refractivity contribution in [3.8, 4) is 11.5 Å². The summed E-state index contributed by atoms with van der Waals surface area (Å²) in [5.41, 5.74) is 1.63. The van der Waals surface area contributed by atoms with E-state index < -0.39 is 0 Å². The Labute approximate surface area is 111 Å². The van der Waals surface area contributed by atoms with Gasteiger partial charge in [0.1, 0.15) is 17.6 Å². The lowest BCUT2D eigenvalue weighted by Crippen LogP contribution is -2.20. The van der Waals surface area contributed by atoms with Gasteiger partial charge in [-0.2, -0.15) is 0 Å². The van der Waals surface area contributed by atoms with Crippen LogP contribution >= 0.6 is 0 Å². The Bertz CT molecular complexity index is 605. The summed E-state index contributed by atoms with van der Waals surface area (Å²) in [5, 5.41) is 0. The van der Waals surface area contributed by atoms with E-state index in [2.05, 4.69) is 0 Å². The summed E-state index contributed by atoms with van der Waals surface area (Å²) < 4.78 is 11.0. The number of methoxy groups -OCH3 is 1. The summed E-state index contributed by atoms with van der Waals surface area (Å²) in [6.45, 7) is 0. The maximum Gasteiger partial charge on any atom is 0.170 e. The molecule has 1 aliphatic rings. The smallest absolute Gasteiger partial charge is 0.170 e. The number of fused-ring (bicyclic) bond motifs is 1. The molecule has 1 aliphatic heterocycles. The number of ketones is 1. The van der Waals surface area contributed by atoms with Gasteiger partial charge in [-0.05, 0) is 23.8 Å². The van der Waals surface area contributed by atoms with Crippen molar-refractivity contribution in [3.63, 3.8) is 0 Å². The summed E-state index contributed by atoms with van der Waals surface area (Å²) in [4.78, 5) is 12.2. The Hall–Kier alpha value is -2.29. The third kappa shape index (κ3) is 2.19. The number of ether oxygens (including phenoxy) is 2. The van der Waals surface area contributed by atoms with Crippen LogP contribution in [0.15, 0.2) is 48.5 Å². The van der Waals surface area contributed by atoms with E-state index >= 15 is 0 Å². The molecule has 3 nitrogen and oxygen atoms in total. The normalized spacial score (nSPS) is 17.5. The number of carbonyl (C=O) groups excluding carboxylic acids is 1. The first-order chi connectivity index (χ1) is 9.28. The van der Waals surface area contributed by atoms with Crippen LogP contribution in [0.5, 0.6) is 11.5 Å². The molecule has 3 rings (SSSR count). The zero-order valence-corrected chi connectivity index (χ0v) is 10.6. The van der Waals surface area contributed by atoms with Crippen LogP contribution in [0.25, 0.3) is 0 Å². The highest BCUT2D eigenvalue weighted by Crippen LogP contribution is 2.36. The zero-order valence-electron chi connectivity index (χ0n) is 10.6. The molecular formula is C16H14O3. The molecule has 0 saturated heterocycles. The number of hydrogen-bond donors (Lipinski definition) is 0. The molecule has 0 unspecified atom stereocenters. The number of benzene rings is 2. The molecular weight excluding hydrogens is 240 g/mol. The van der Waals surface area contributed by atoms with Crippen LogP contribution in [0, 0.1) is 0 Å². The van der Waals surface area contributed by atoms with E-state index in [1.165, 1.54) is 0 Å². The highest BCUT2D eigenvalue weighted by atomic mass is 16.5. The lowest BCUT2D eigenvalue weighted by Gasteiger charge is -2.25. The minimum atomic E-state index is -0.199. The molecule has 2 aromatic carbocycles. The van der Waals surface area contributed by atoms with Gasteiger partial charge >= 0.3 is 0 Å². The fraction of sp³-hybridized carbons (Fsp3) is 0.188. The molecule has 0 N–H and O–H groups in total. The predicted octanol–water partition coefficient (Wildman–Crippen LogP) is 3.40. The molecule has 2 aromatic rings. The van der Waals surface area contributed by atoms with Gasteiger partial charge in [0, 0.05) is 0 Å². The Morgan fingerprint density at radius 1 is 1.16 bits per heavy atom. The van der Waals surface area contributed by atoms with E-state index in [1.54, 1.807) is 25.3 Å². The number of hydrogen-bond acceptors (Lipinski definition) is 3. The average molecular weight is 254 g/mol.